The molecule has 0 saturated heterocycles. The fourth-order valence-corrected chi connectivity index (χ4v) is 7.66. The minimum atomic E-state index is -3.92. The van der Waals surface area contributed by atoms with Gasteiger partial charge >= 0.3 is 6.03 Å². The lowest BCUT2D eigenvalue weighted by molar-refractivity contribution is 0.0806. The molecule has 216 valence electrons. The first kappa shape index (κ1) is 29.7. The first-order chi connectivity index (χ1) is 18.7. The quantitative estimate of drug-likeness (QED) is 0.523. The van der Waals surface area contributed by atoms with Crippen molar-refractivity contribution in [3.8, 4) is 17.6 Å². The van der Waals surface area contributed by atoms with Gasteiger partial charge in [-0.15, -0.1) is 0 Å². The molecular formula is C30H45N3O5S. The van der Waals surface area contributed by atoms with E-state index in [1.165, 1.54) is 30.0 Å². The van der Waals surface area contributed by atoms with Gasteiger partial charge in [0.2, 0.25) is 10.0 Å². The number of ether oxygens (including phenoxy) is 1. The van der Waals surface area contributed by atoms with Crippen LogP contribution in [0.15, 0.2) is 23.1 Å². The van der Waals surface area contributed by atoms with E-state index in [9.17, 15) is 18.3 Å². The number of aliphatic hydroxyl groups is 1. The Hall–Kier alpha value is -2.28. The molecule has 1 aromatic carbocycles. The van der Waals surface area contributed by atoms with Crippen molar-refractivity contribution in [1.29, 1.82) is 0 Å². The van der Waals surface area contributed by atoms with Crippen LogP contribution < -0.4 is 10.1 Å². The van der Waals surface area contributed by atoms with Crippen LogP contribution in [0.4, 0.5) is 4.79 Å². The highest BCUT2D eigenvalue weighted by atomic mass is 32.2. The van der Waals surface area contributed by atoms with E-state index >= 15 is 0 Å². The van der Waals surface area contributed by atoms with Gasteiger partial charge in [-0.2, -0.15) is 4.31 Å². The topological polar surface area (TPSA) is 99.2 Å². The minimum absolute atomic E-state index is 0.0669. The second-order valence-corrected chi connectivity index (χ2v) is 13.5. The van der Waals surface area contributed by atoms with Crippen molar-refractivity contribution in [2.75, 3.05) is 26.7 Å². The van der Waals surface area contributed by atoms with Crippen LogP contribution in [0.2, 0.25) is 0 Å². The van der Waals surface area contributed by atoms with E-state index in [0.717, 1.165) is 38.5 Å². The molecule has 0 spiro atoms. The number of fused-ring (bicyclic) bond motifs is 1. The number of amides is 2. The highest BCUT2D eigenvalue weighted by Crippen LogP contribution is 2.34. The van der Waals surface area contributed by atoms with Gasteiger partial charge in [-0.1, -0.05) is 57.3 Å². The summed E-state index contributed by atoms with van der Waals surface area (Å²) in [5, 5.41) is 13.0. The normalized spacial score (nSPS) is 25.1. The van der Waals surface area contributed by atoms with Gasteiger partial charge in [-0.05, 0) is 50.8 Å². The summed E-state index contributed by atoms with van der Waals surface area (Å²) >= 11 is 0. The summed E-state index contributed by atoms with van der Waals surface area (Å²) in [6, 6.07) is 4.49. The summed E-state index contributed by atoms with van der Waals surface area (Å²) in [5.41, 5.74) is 0.714. The standard InChI is InChI=1S/C30H45N3O5S/c1-22-19-33(23(2)21-34)39(36,37)29-17-16-25(15-14-24-10-6-4-7-11-24)18-27(29)38-28(22)20-32(3)30(35)31-26-12-8-5-9-13-26/h16-18,22-24,26,28,34H,4-13,19-21H2,1-3H3,(H,31,35)/t22-,23+,28+/m1/s1. The molecule has 0 unspecified atom stereocenters. The molecule has 2 amide bonds. The number of nitrogens with one attached hydrogen (secondary N) is 1. The molecule has 0 aromatic heterocycles. The fourth-order valence-electron chi connectivity index (χ4n) is 5.84. The number of nitrogens with zero attached hydrogens (tertiary/aromatic N) is 2. The highest BCUT2D eigenvalue weighted by Gasteiger charge is 2.38. The maximum atomic E-state index is 13.7. The molecule has 2 aliphatic carbocycles. The monoisotopic (exact) mass is 559 g/mol. The molecule has 1 heterocycles. The Morgan fingerprint density at radius 3 is 2.49 bits per heavy atom. The SMILES string of the molecule is C[C@@H]1CN([C@@H](C)CO)S(=O)(=O)c2ccc(C#CC3CCCCC3)cc2O[C@H]1CN(C)C(=O)NC1CCCCC1. The van der Waals surface area contributed by atoms with E-state index in [-0.39, 0.29) is 41.8 Å². The van der Waals surface area contributed by atoms with Crippen LogP contribution in [0, 0.1) is 23.7 Å². The number of urea groups is 1. The Bertz CT molecular complexity index is 1150. The summed E-state index contributed by atoms with van der Waals surface area (Å²) in [7, 11) is -2.16. The molecule has 1 aliphatic heterocycles. The Kier molecular flexibility index (Phi) is 10.2. The fraction of sp³-hybridized carbons (Fsp3) is 0.700. The number of carbonyl (C=O) groups is 1. The molecule has 4 rings (SSSR count). The third-order valence-corrected chi connectivity index (χ3v) is 10.4. The Labute approximate surface area is 234 Å². The summed E-state index contributed by atoms with van der Waals surface area (Å²) < 4.78 is 35.2. The van der Waals surface area contributed by atoms with E-state index in [0.29, 0.717) is 18.0 Å². The van der Waals surface area contributed by atoms with Gasteiger partial charge in [0.1, 0.15) is 16.7 Å². The molecular weight excluding hydrogens is 514 g/mol. The summed E-state index contributed by atoms with van der Waals surface area (Å²) in [6.45, 7) is 3.83. The van der Waals surface area contributed by atoms with Gasteiger partial charge in [-0.3, -0.25) is 0 Å². The van der Waals surface area contributed by atoms with E-state index in [1.807, 2.05) is 6.92 Å². The molecule has 2 N–H and O–H groups in total. The summed E-state index contributed by atoms with van der Waals surface area (Å²) in [4.78, 5) is 14.7. The van der Waals surface area contributed by atoms with Crippen LogP contribution in [0.5, 0.6) is 5.75 Å². The average Bonchev–Trinajstić information content (AvgIpc) is 2.94. The molecule has 3 atom stereocenters. The molecule has 1 aromatic rings. The van der Waals surface area contributed by atoms with Gasteiger partial charge < -0.3 is 20.1 Å². The molecule has 0 bridgehead atoms. The Morgan fingerprint density at radius 2 is 1.82 bits per heavy atom. The third kappa shape index (κ3) is 7.47. The number of carbonyl (C=O) groups excluding carboxylic acids is 1. The molecule has 8 nitrogen and oxygen atoms in total. The van der Waals surface area contributed by atoms with Crippen molar-refractivity contribution in [3.05, 3.63) is 23.8 Å². The van der Waals surface area contributed by atoms with Gasteiger partial charge in [0, 0.05) is 43.1 Å². The van der Waals surface area contributed by atoms with Crippen LogP contribution in [-0.4, -0.2) is 73.7 Å². The van der Waals surface area contributed by atoms with Crippen LogP contribution in [0.1, 0.15) is 83.6 Å². The molecule has 3 aliphatic rings. The smallest absolute Gasteiger partial charge is 0.317 e. The zero-order valence-corrected chi connectivity index (χ0v) is 24.5. The van der Waals surface area contributed by atoms with E-state index in [4.69, 9.17) is 4.74 Å². The van der Waals surface area contributed by atoms with Gasteiger partial charge in [0.15, 0.2) is 0 Å². The van der Waals surface area contributed by atoms with Crippen LogP contribution in [-0.2, 0) is 10.0 Å². The Balaban J connectivity index is 1.60. The maximum Gasteiger partial charge on any atom is 0.317 e. The van der Waals surface area contributed by atoms with Crippen molar-refractivity contribution in [3.63, 3.8) is 0 Å². The number of hydrogen-bond acceptors (Lipinski definition) is 5. The van der Waals surface area contributed by atoms with Gasteiger partial charge in [0.25, 0.3) is 0 Å². The lowest BCUT2D eigenvalue weighted by Gasteiger charge is -2.37. The predicted octanol–water partition coefficient (Wildman–Crippen LogP) is 4.36. The number of sulfonamides is 1. The highest BCUT2D eigenvalue weighted by molar-refractivity contribution is 7.89. The lowest BCUT2D eigenvalue weighted by Crippen LogP contribution is -2.52. The molecule has 39 heavy (non-hydrogen) atoms. The zero-order chi connectivity index (χ0) is 28.0. The molecule has 0 radical (unpaired) electrons. The average molecular weight is 560 g/mol. The number of benzene rings is 1. The first-order valence-corrected chi connectivity index (χ1v) is 16.1. The number of likely N-dealkylation sites (N-methyl/N-ethyl adjacent to an activating group) is 1. The maximum absolute atomic E-state index is 13.7. The summed E-state index contributed by atoms with van der Waals surface area (Å²) in [6.07, 6.45) is 10.9. The van der Waals surface area contributed by atoms with Crippen molar-refractivity contribution >= 4 is 16.1 Å². The van der Waals surface area contributed by atoms with Crippen LogP contribution in [0.3, 0.4) is 0 Å². The predicted molar refractivity (Wildman–Crippen MR) is 152 cm³/mol. The number of rotatable bonds is 5. The van der Waals surface area contributed by atoms with E-state index < -0.39 is 22.2 Å². The Morgan fingerprint density at radius 1 is 1.15 bits per heavy atom. The van der Waals surface area contributed by atoms with E-state index in [1.54, 1.807) is 37.1 Å². The number of hydrogen-bond donors (Lipinski definition) is 2. The zero-order valence-electron chi connectivity index (χ0n) is 23.7. The van der Waals surface area contributed by atoms with Crippen molar-refractivity contribution in [2.45, 2.75) is 101 Å². The molecule has 2 fully saturated rings. The molecule has 2 saturated carbocycles. The van der Waals surface area contributed by atoms with Gasteiger partial charge in [-0.25, -0.2) is 13.2 Å². The largest absolute Gasteiger partial charge is 0.487 e. The van der Waals surface area contributed by atoms with Crippen molar-refractivity contribution in [1.82, 2.24) is 14.5 Å². The van der Waals surface area contributed by atoms with Crippen LogP contribution in [0.25, 0.3) is 0 Å². The lowest BCUT2D eigenvalue weighted by atomic mass is 9.90. The van der Waals surface area contributed by atoms with Gasteiger partial charge in [0.05, 0.1) is 13.2 Å². The second kappa shape index (κ2) is 13.4. The third-order valence-electron chi connectivity index (χ3n) is 8.43. The van der Waals surface area contributed by atoms with Crippen molar-refractivity contribution in [2.24, 2.45) is 11.8 Å². The van der Waals surface area contributed by atoms with Crippen LogP contribution >= 0.6 is 0 Å². The minimum Gasteiger partial charge on any atom is -0.487 e. The number of aliphatic hydroxyl groups excluding tert-OH is 1. The first-order valence-electron chi connectivity index (χ1n) is 14.7. The van der Waals surface area contributed by atoms with E-state index in [2.05, 4.69) is 17.2 Å². The second-order valence-electron chi connectivity index (χ2n) is 11.7. The van der Waals surface area contributed by atoms with Crippen molar-refractivity contribution < 1.29 is 23.1 Å². The summed E-state index contributed by atoms with van der Waals surface area (Å²) in [5.74, 6) is 7.01. The molecule has 9 heteroatoms.